The predicted molar refractivity (Wildman–Crippen MR) is 75.4 cm³/mol. The van der Waals surface area contributed by atoms with E-state index in [1.165, 1.54) is 6.07 Å². The molecule has 3 rings (SSSR count). The average Bonchev–Trinajstić information content (AvgIpc) is 3.06. The maximum atomic E-state index is 12.8. The number of pyridine rings is 1. The molecule has 0 unspecified atom stereocenters. The zero-order chi connectivity index (χ0) is 15.0. The number of nitrogens with zero attached hydrogens (tertiary/aromatic N) is 3. The first-order chi connectivity index (χ1) is 9.95. The molecule has 0 aromatic carbocycles. The van der Waals surface area contributed by atoms with Gasteiger partial charge in [-0.2, -0.15) is 13.2 Å². The van der Waals surface area contributed by atoms with Gasteiger partial charge in [0.05, 0.1) is 16.7 Å². The van der Waals surface area contributed by atoms with Gasteiger partial charge in [0.15, 0.2) is 0 Å². The Labute approximate surface area is 124 Å². The molecule has 0 N–H and O–H groups in total. The van der Waals surface area contributed by atoms with Crippen LogP contribution in [-0.2, 0) is 6.18 Å². The van der Waals surface area contributed by atoms with Gasteiger partial charge >= 0.3 is 6.18 Å². The van der Waals surface area contributed by atoms with Crippen LogP contribution in [0.4, 0.5) is 19.0 Å². The van der Waals surface area contributed by atoms with Crippen molar-refractivity contribution in [2.75, 3.05) is 11.4 Å². The summed E-state index contributed by atoms with van der Waals surface area (Å²) in [4.78, 5) is 10.2. The van der Waals surface area contributed by atoms with Gasteiger partial charge in [0.1, 0.15) is 11.5 Å². The molecule has 1 saturated heterocycles. The van der Waals surface area contributed by atoms with Crippen LogP contribution in [-0.4, -0.2) is 16.5 Å². The molecule has 112 valence electrons. The molecule has 1 fully saturated rings. The van der Waals surface area contributed by atoms with Crippen LogP contribution in [0.5, 0.6) is 0 Å². The molecular weight excluding hydrogens is 299 g/mol. The van der Waals surface area contributed by atoms with Crippen molar-refractivity contribution >= 4 is 17.2 Å². The summed E-state index contributed by atoms with van der Waals surface area (Å²) in [7, 11) is 0. The van der Waals surface area contributed by atoms with E-state index in [9.17, 15) is 13.2 Å². The second-order valence-electron chi connectivity index (χ2n) is 5.02. The van der Waals surface area contributed by atoms with Crippen LogP contribution >= 0.6 is 11.3 Å². The van der Waals surface area contributed by atoms with Crippen molar-refractivity contribution in [1.29, 1.82) is 0 Å². The first-order valence-electron chi connectivity index (χ1n) is 6.68. The maximum absolute atomic E-state index is 12.8. The summed E-state index contributed by atoms with van der Waals surface area (Å²) in [6.45, 7) is 2.63. The van der Waals surface area contributed by atoms with Crippen LogP contribution in [0.1, 0.15) is 35.3 Å². The highest BCUT2D eigenvalue weighted by atomic mass is 32.1. The quantitative estimate of drug-likeness (QED) is 0.832. The van der Waals surface area contributed by atoms with Crippen LogP contribution in [0.3, 0.4) is 0 Å². The molecule has 0 radical (unpaired) electrons. The van der Waals surface area contributed by atoms with Crippen LogP contribution in [0.25, 0.3) is 0 Å². The van der Waals surface area contributed by atoms with Gasteiger partial charge in [-0.15, -0.1) is 11.3 Å². The predicted octanol–water partition coefficient (Wildman–Crippen LogP) is 4.21. The van der Waals surface area contributed by atoms with E-state index in [-0.39, 0.29) is 6.04 Å². The minimum absolute atomic E-state index is 0.0194. The Morgan fingerprint density at radius 3 is 2.76 bits per heavy atom. The van der Waals surface area contributed by atoms with Gasteiger partial charge in [0, 0.05) is 11.9 Å². The molecule has 0 aliphatic carbocycles. The third-order valence-corrected chi connectivity index (χ3v) is 4.34. The number of thiazole rings is 1. The minimum atomic E-state index is -4.41. The number of rotatable bonds is 2. The summed E-state index contributed by atoms with van der Waals surface area (Å²) < 4.78 is 38.4. The van der Waals surface area contributed by atoms with Gasteiger partial charge in [-0.3, -0.25) is 0 Å². The Morgan fingerprint density at radius 2 is 2.10 bits per heavy atom. The molecule has 3 heterocycles. The molecule has 2 aromatic heterocycles. The highest BCUT2D eigenvalue weighted by molar-refractivity contribution is 7.09. The van der Waals surface area contributed by atoms with Crippen molar-refractivity contribution in [3.8, 4) is 0 Å². The van der Waals surface area contributed by atoms with Gasteiger partial charge in [0.25, 0.3) is 0 Å². The fraction of sp³-hybridized carbons (Fsp3) is 0.429. The van der Waals surface area contributed by atoms with Crippen molar-refractivity contribution in [2.24, 2.45) is 0 Å². The molecule has 1 atom stereocenters. The van der Waals surface area contributed by atoms with E-state index >= 15 is 0 Å². The Balaban J connectivity index is 1.92. The molecule has 1 aliphatic rings. The number of aryl methyl sites for hydroxylation is 1. The van der Waals surface area contributed by atoms with Gasteiger partial charge in [-0.05, 0) is 31.9 Å². The van der Waals surface area contributed by atoms with Crippen molar-refractivity contribution in [3.05, 3.63) is 40.0 Å². The molecular formula is C14H14F3N3S. The summed E-state index contributed by atoms with van der Waals surface area (Å²) in [5.41, 5.74) is 0.0781. The highest BCUT2D eigenvalue weighted by Gasteiger charge is 2.34. The third-order valence-electron chi connectivity index (χ3n) is 3.55. The third kappa shape index (κ3) is 2.88. The van der Waals surface area contributed by atoms with Crippen molar-refractivity contribution in [3.63, 3.8) is 0 Å². The fourth-order valence-corrected chi connectivity index (χ4v) is 3.28. The van der Waals surface area contributed by atoms with Gasteiger partial charge < -0.3 is 4.90 Å². The minimum Gasteiger partial charge on any atom is -0.348 e. The average molecular weight is 313 g/mol. The van der Waals surface area contributed by atoms with E-state index in [2.05, 4.69) is 9.97 Å². The summed E-state index contributed by atoms with van der Waals surface area (Å²) in [6, 6.07) is 4.06. The Bertz CT molecular complexity index is 638. The Hall–Kier alpha value is -1.63. The normalized spacial score (nSPS) is 19.2. The first kappa shape index (κ1) is 14.3. The number of aromatic nitrogens is 2. The van der Waals surface area contributed by atoms with Crippen LogP contribution in [0, 0.1) is 6.92 Å². The van der Waals surface area contributed by atoms with Gasteiger partial charge in [0.2, 0.25) is 0 Å². The molecule has 1 aliphatic heterocycles. The fourth-order valence-electron chi connectivity index (χ4n) is 2.62. The number of hydrogen-bond acceptors (Lipinski definition) is 4. The van der Waals surface area contributed by atoms with Crippen molar-refractivity contribution < 1.29 is 13.2 Å². The lowest BCUT2D eigenvalue weighted by molar-refractivity contribution is -0.141. The van der Waals surface area contributed by atoms with Gasteiger partial charge in [-0.25, -0.2) is 9.97 Å². The zero-order valence-electron chi connectivity index (χ0n) is 11.4. The van der Waals surface area contributed by atoms with Gasteiger partial charge in [-0.1, -0.05) is 6.07 Å². The number of anilines is 1. The lowest BCUT2D eigenvalue weighted by atomic mass is 10.1. The second-order valence-corrected chi connectivity index (χ2v) is 6.08. The molecule has 0 saturated carbocycles. The largest absolute Gasteiger partial charge is 0.433 e. The monoisotopic (exact) mass is 313 g/mol. The van der Waals surface area contributed by atoms with Crippen LogP contribution < -0.4 is 4.90 Å². The molecule has 3 nitrogen and oxygen atoms in total. The zero-order valence-corrected chi connectivity index (χ0v) is 12.2. The van der Waals surface area contributed by atoms with Crippen LogP contribution in [0.15, 0.2) is 23.6 Å². The van der Waals surface area contributed by atoms with E-state index in [1.807, 2.05) is 17.2 Å². The summed E-state index contributed by atoms with van der Waals surface area (Å²) in [6.07, 6.45) is -2.59. The highest BCUT2D eigenvalue weighted by Crippen LogP contribution is 2.37. The molecule has 2 aromatic rings. The number of halogens is 3. The van der Waals surface area contributed by atoms with E-state index < -0.39 is 11.9 Å². The van der Waals surface area contributed by atoms with E-state index in [0.717, 1.165) is 29.6 Å². The SMILES string of the molecule is Cc1nc([C@@H]2CCCN2c2cccc(C(F)(F)F)n2)cs1. The lowest BCUT2D eigenvalue weighted by Crippen LogP contribution is -2.24. The second kappa shape index (κ2) is 5.29. The molecule has 21 heavy (non-hydrogen) atoms. The molecule has 7 heteroatoms. The molecule has 0 spiro atoms. The summed E-state index contributed by atoms with van der Waals surface area (Å²) >= 11 is 1.56. The number of hydrogen-bond donors (Lipinski definition) is 0. The smallest absolute Gasteiger partial charge is 0.348 e. The first-order valence-corrected chi connectivity index (χ1v) is 7.56. The van der Waals surface area contributed by atoms with Crippen LogP contribution in [0.2, 0.25) is 0 Å². The number of alkyl halides is 3. The van der Waals surface area contributed by atoms with E-state index in [4.69, 9.17) is 0 Å². The molecule has 0 amide bonds. The van der Waals surface area contributed by atoms with E-state index in [0.29, 0.717) is 12.4 Å². The summed E-state index contributed by atoms with van der Waals surface area (Å²) in [5.74, 6) is 0.373. The Kier molecular flexibility index (Phi) is 3.61. The Morgan fingerprint density at radius 1 is 1.29 bits per heavy atom. The summed E-state index contributed by atoms with van der Waals surface area (Å²) in [5, 5.41) is 2.94. The standard InChI is InChI=1S/C14H14F3N3S/c1-9-18-10(8-21-9)11-4-3-7-20(11)13-6-2-5-12(19-13)14(15,16)17/h2,5-6,8,11H,3-4,7H2,1H3/t11-/m0/s1. The van der Waals surface area contributed by atoms with Crippen molar-refractivity contribution in [2.45, 2.75) is 32.0 Å². The van der Waals surface area contributed by atoms with Crippen molar-refractivity contribution in [1.82, 2.24) is 9.97 Å². The maximum Gasteiger partial charge on any atom is 0.433 e. The topological polar surface area (TPSA) is 29.0 Å². The molecule has 0 bridgehead atoms. The lowest BCUT2D eigenvalue weighted by Gasteiger charge is -2.25. The van der Waals surface area contributed by atoms with E-state index in [1.54, 1.807) is 17.4 Å².